The van der Waals surface area contributed by atoms with Gasteiger partial charge in [0.15, 0.2) is 0 Å². The molecule has 6 nitrogen and oxygen atoms in total. The SMILES string of the molecule is Cc1ccc(C(=O)C(=O)N2CCC(C(=O)Nc3ccc(C)cn3)CC2)cc1. The number of anilines is 1. The van der Waals surface area contributed by atoms with Crippen LogP contribution >= 0.6 is 0 Å². The van der Waals surface area contributed by atoms with Crippen LogP contribution in [0.25, 0.3) is 0 Å². The maximum Gasteiger partial charge on any atom is 0.294 e. The van der Waals surface area contributed by atoms with Crippen molar-refractivity contribution >= 4 is 23.4 Å². The number of amides is 2. The molecular weight excluding hydrogens is 342 g/mol. The predicted molar refractivity (Wildman–Crippen MR) is 102 cm³/mol. The molecule has 0 bridgehead atoms. The number of likely N-dealkylation sites (tertiary alicyclic amines) is 1. The lowest BCUT2D eigenvalue weighted by Gasteiger charge is -2.30. The van der Waals surface area contributed by atoms with Gasteiger partial charge in [-0.2, -0.15) is 0 Å². The van der Waals surface area contributed by atoms with Gasteiger partial charge in [-0.25, -0.2) is 4.98 Å². The topological polar surface area (TPSA) is 79.4 Å². The fraction of sp³-hybridized carbons (Fsp3) is 0.333. The average Bonchev–Trinajstić information content (AvgIpc) is 2.69. The van der Waals surface area contributed by atoms with Gasteiger partial charge in [-0.15, -0.1) is 0 Å². The highest BCUT2D eigenvalue weighted by atomic mass is 16.2. The van der Waals surface area contributed by atoms with Gasteiger partial charge in [0.2, 0.25) is 11.7 Å². The van der Waals surface area contributed by atoms with E-state index in [1.807, 2.05) is 32.0 Å². The lowest BCUT2D eigenvalue weighted by Crippen LogP contribution is -2.44. The summed E-state index contributed by atoms with van der Waals surface area (Å²) in [5.74, 6) is -0.756. The van der Waals surface area contributed by atoms with E-state index < -0.39 is 11.7 Å². The Bertz CT molecular complexity index is 836. The number of pyridine rings is 1. The van der Waals surface area contributed by atoms with E-state index in [1.165, 1.54) is 4.90 Å². The quantitative estimate of drug-likeness (QED) is 0.667. The highest BCUT2D eigenvalue weighted by Crippen LogP contribution is 2.20. The molecule has 1 fully saturated rings. The van der Waals surface area contributed by atoms with E-state index in [2.05, 4.69) is 10.3 Å². The molecule has 0 radical (unpaired) electrons. The largest absolute Gasteiger partial charge is 0.336 e. The molecule has 27 heavy (non-hydrogen) atoms. The van der Waals surface area contributed by atoms with Crippen LogP contribution in [0.1, 0.15) is 34.3 Å². The number of nitrogens with one attached hydrogen (secondary N) is 1. The second-order valence-electron chi connectivity index (χ2n) is 6.97. The third-order valence-electron chi connectivity index (χ3n) is 4.82. The Morgan fingerprint density at radius 2 is 1.59 bits per heavy atom. The molecule has 0 atom stereocenters. The molecule has 1 N–H and O–H groups in total. The number of ketones is 1. The monoisotopic (exact) mass is 365 g/mol. The van der Waals surface area contributed by atoms with E-state index >= 15 is 0 Å². The second kappa shape index (κ2) is 8.12. The van der Waals surface area contributed by atoms with Crippen molar-refractivity contribution < 1.29 is 14.4 Å². The molecule has 1 aromatic carbocycles. The Kier molecular flexibility index (Phi) is 5.64. The first-order chi connectivity index (χ1) is 12.9. The van der Waals surface area contributed by atoms with Gasteiger partial charge in [-0.3, -0.25) is 14.4 Å². The summed E-state index contributed by atoms with van der Waals surface area (Å²) in [4.78, 5) is 42.9. The molecule has 0 spiro atoms. The zero-order chi connectivity index (χ0) is 19.4. The molecule has 2 heterocycles. The van der Waals surface area contributed by atoms with Crippen molar-refractivity contribution in [3.8, 4) is 0 Å². The van der Waals surface area contributed by atoms with Gasteiger partial charge in [-0.05, 0) is 38.3 Å². The summed E-state index contributed by atoms with van der Waals surface area (Å²) in [7, 11) is 0. The fourth-order valence-electron chi connectivity index (χ4n) is 3.09. The number of carbonyl (C=O) groups is 3. The Morgan fingerprint density at radius 3 is 2.19 bits per heavy atom. The van der Waals surface area contributed by atoms with Crippen molar-refractivity contribution in [3.63, 3.8) is 0 Å². The number of aromatic nitrogens is 1. The smallest absolute Gasteiger partial charge is 0.294 e. The maximum atomic E-state index is 12.4. The lowest BCUT2D eigenvalue weighted by molar-refractivity contribution is -0.130. The maximum absolute atomic E-state index is 12.4. The lowest BCUT2D eigenvalue weighted by atomic mass is 9.95. The molecule has 0 saturated carbocycles. The van der Waals surface area contributed by atoms with E-state index in [4.69, 9.17) is 0 Å². The van der Waals surface area contributed by atoms with Gasteiger partial charge >= 0.3 is 0 Å². The number of benzene rings is 1. The van der Waals surface area contributed by atoms with Crippen LogP contribution in [0.4, 0.5) is 5.82 Å². The molecule has 1 aliphatic rings. The Morgan fingerprint density at radius 1 is 0.963 bits per heavy atom. The van der Waals surface area contributed by atoms with Crippen LogP contribution in [0.3, 0.4) is 0 Å². The van der Waals surface area contributed by atoms with Crippen LogP contribution in [-0.2, 0) is 9.59 Å². The standard InChI is InChI=1S/C21H23N3O3/c1-14-3-6-16(7-4-14)19(25)21(27)24-11-9-17(10-12-24)20(26)23-18-8-5-15(2)13-22-18/h3-8,13,17H,9-12H2,1-2H3,(H,22,23,26). The van der Waals surface area contributed by atoms with Gasteiger partial charge < -0.3 is 10.2 Å². The number of carbonyl (C=O) groups excluding carboxylic acids is 3. The Balaban J connectivity index is 1.54. The number of nitrogens with zero attached hydrogens (tertiary/aromatic N) is 2. The first-order valence-corrected chi connectivity index (χ1v) is 9.08. The van der Waals surface area contributed by atoms with E-state index in [-0.39, 0.29) is 11.8 Å². The third-order valence-corrected chi connectivity index (χ3v) is 4.82. The summed E-state index contributed by atoms with van der Waals surface area (Å²) in [6.45, 7) is 4.66. The van der Waals surface area contributed by atoms with Gasteiger partial charge in [0.25, 0.3) is 5.91 Å². The number of hydrogen-bond acceptors (Lipinski definition) is 4. The molecule has 1 aliphatic heterocycles. The molecule has 2 aromatic rings. The molecule has 0 aliphatic carbocycles. The van der Waals surface area contributed by atoms with E-state index in [0.29, 0.717) is 37.3 Å². The second-order valence-corrected chi connectivity index (χ2v) is 6.97. The first kappa shape index (κ1) is 18.8. The number of aryl methyl sites for hydroxylation is 2. The molecule has 140 valence electrons. The molecule has 1 aromatic heterocycles. The number of hydrogen-bond donors (Lipinski definition) is 1. The van der Waals surface area contributed by atoms with Crippen LogP contribution in [-0.4, -0.2) is 40.6 Å². The van der Waals surface area contributed by atoms with Gasteiger partial charge in [-0.1, -0.05) is 35.9 Å². The van der Waals surface area contributed by atoms with E-state index in [1.54, 1.807) is 24.4 Å². The summed E-state index contributed by atoms with van der Waals surface area (Å²) < 4.78 is 0. The summed E-state index contributed by atoms with van der Waals surface area (Å²) in [6, 6.07) is 10.6. The normalized spacial score (nSPS) is 14.7. The van der Waals surface area contributed by atoms with Gasteiger partial charge in [0, 0.05) is 30.8 Å². The Hall–Kier alpha value is -3.02. The van der Waals surface area contributed by atoms with Gasteiger partial charge in [0.05, 0.1) is 0 Å². The fourth-order valence-corrected chi connectivity index (χ4v) is 3.09. The zero-order valence-electron chi connectivity index (χ0n) is 15.6. The molecule has 2 amide bonds. The highest BCUT2D eigenvalue weighted by Gasteiger charge is 2.30. The third kappa shape index (κ3) is 4.58. The van der Waals surface area contributed by atoms with Crippen LogP contribution in [0.15, 0.2) is 42.6 Å². The molecule has 3 rings (SSSR count). The number of piperidine rings is 1. The van der Waals surface area contributed by atoms with E-state index in [9.17, 15) is 14.4 Å². The summed E-state index contributed by atoms with van der Waals surface area (Å²) >= 11 is 0. The predicted octanol–water partition coefficient (Wildman–Crippen LogP) is 2.76. The minimum absolute atomic E-state index is 0.0942. The molecule has 0 unspecified atom stereocenters. The van der Waals surface area contributed by atoms with Crippen molar-refractivity contribution in [3.05, 3.63) is 59.3 Å². The van der Waals surface area contributed by atoms with Crippen LogP contribution in [0.5, 0.6) is 0 Å². The molecule has 6 heteroatoms. The van der Waals surface area contributed by atoms with Gasteiger partial charge in [0.1, 0.15) is 5.82 Å². The first-order valence-electron chi connectivity index (χ1n) is 9.08. The van der Waals surface area contributed by atoms with Crippen molar-refractivity contribution in [2.75, 3.05) is 18.4 Å². The van der Waals surface area contributed by atoms with Crippen molar-refractivity contribution in [1.29, 1.82) is 0 Å². The van der Waals surface area contributed by atoms with Crippen molar-refractivity contribution in [1.82, 2.24) is 9.88 Å². The number of Topliss-reactive ketones (excluding diaryl/α,β-unsaturated/α-hetero) is 1. The van der Waals surface area contributed by atoms with Crippen molar-refractivity contribution in [2.24, 2.45) is 5.92 Å². The van der Waals surface area contributed by atoms with Crippen LogP contribution in [0, 0.1) is 19.8 Å². The molecular formula is C21H23N3O3. The summed E-state index contributed by atoms with van der Waals surface area (Å²) in [5.41, 5.74) is 2.46. The average molecular weight is 365 g/mol. The zero-order valence-corrected chi connectivity index (χ0v) is 15.6. The highest BCUT2D eigenvalue weighted by molar-refractivity contribution is 6.42. The van der Waals surface area contributed by atoms with E-state index in [0.717, 1.165) is 11.1 Å². The molecule has 1 saturated heterocycles. The van der Waals surface area contributed by atoms with Crippen LogP contribution in [0.2, 0.25) is 0 Å². The number of rotatable bonds is 4. The minimum Gasteiger partial charge on any atom is -0.336 e. The summed E-state index contributed by atoms with van der Waals surface area (Å²) in [6.07, 6.45) is 2.77. The summed E-state index contributed by atoms with van der Waals surface area (Å²) in [5, 5.41) is 2.82. The Labute approximate surface area is 158 Å². The van der Waals surface area contributed by atoms with Crippen LogP contribution < -0.4 is 5.32 Å². The van der Waals surface area contributed by atoms with Crippen molar-refractivity contribution in [2.45, 2.75) is 26.7 Å². The minimum atomic E-state index is -0.502.